The molecule has 0 saturated carbocycles. The largest absolute Gasteiger partial charge is 0.324 e. The molecule has 1 N–H and O–H groups in total. The number of thiazole rings is 1. The van der Waals surface area contributed by atoms with Gasteiger partial charge >= 0.3 is 0 Å². The Bertz CT molecular complexity index is 578. The predicted molar refractivity (Wildman–Crippen MR) is 80.2 cm³/mol. The molecule has 0 spiro atoms. The van der Waals surface area contributed by atoms with E-state index in [1.165, 1.54) is 11.3 Å². The minimum atomic E-state index is -0.133. The van der Waals surface area contributed by atoms with Crippen LogP contribution in [0.5, 0.6) is 0 Å². The molecule has 0 atom stereocenters. The lowest BCUT2D eigenvalue weighted by Gasteiger charge is -2.09. The second-order valence-corrected chi connectivity index (χ2v) is 5.64. The van der Waals surface area contributed by atoms with E-state index < -0.39 is 0 Å². The molecule has 1 aromatic carbocycles. The second-order valence-electron chi connectivity index (χ2n) is 4.02. The van der Waals surface area contributed by atoms with E-state index in [0.29, 0.717) is 16.6 Å². The molecule has 100 valence electrons. The van der Waals surface area contributed by atoms with Crippen molar-refractivity contribution in [1.82, 2.24) is 4.98 Å². The van der Waals surface area contributed by atoms with Crippen molar-refractivity contribution < 1.29 is 4.79 Å². The van der Waals surface area contributed by atoms with Crippen molar-refractivity contribution in [3.63, 3.8) is 0 Å². The summed E-state index contributed by atoms with van der Waals surface area (Å²) in [7, 11) is 0. The van der Waals surface area contributed by atoms with E-state index in [1.54, 1.807) is 6.07 Å². The number of carbonyl (C=O) groups excluding carboxylic acids is 1. The summed E-state index contributed by atoms with van der Waals surface area (Å²) in [6, 6.07) is 5.50. The van der Waals surface area contributed by atoms with Crippen LogP contribution in [0.2, 0.25) is 5.02 Å². The maximum atomic E-state index is 11.9. The van der Waals surface area contributed by atoms with E-state index in [2.05, 4.69) is 10.3 Å². The van der Waals surface area contributed by atoms with E-state index >= 15 is 0 Å². The zero-order valence-corrected chi connectivity index (χ0v) is 12.6. The molecule has 3 nitrogen and oxygen atoms in total. The fourth-order valence-corrected chi connectivity index (χ4v) is 2.89. The summed E-state index contributed by atoms with van der Waals surface area (Å²) >= 11 is 13.2. The average molecular weight is 315 g/mol. The summed E-state index contributed by atoms with van der Waals surface area (Å²) in [5, 5.41) is 5.96. The van der Waals surface area contributed by atoms with Gasteiger partial charge in [-0.15, -0.1) is 22.9 Å². The lowest BCUT2D eigenvalue weighted by Crippen LogP contribution is -2.15. The molecule has 2 rings (SSSR count). The van der Waals surface area contributed by atoms with Crippen LogP contribution in [-0.4, -0.2) is 10.9 Å². The summed E-state index contributed by atoms with van der Waals surface area (Å²) < 4.78 is 0. The zero-order valence-electron chi connectivity index (χ0n) is 10.2. The topological polar surface area (TPSA) is 42.0 Å². The third-order valence-electron chi connectivity index (χ3n) is 2.53. The van der Waals surface area contributed by atoms with Crippen LogP contribution in [0, 0.1) is 6.92 Å². The number of anilines is 1. The van der Waals surface area contributed by atoms with Crippen molar-refractivity contribution in [2.75, 3.05) is 5.32 Å². The molecular weight excluding hydrogens is 303 g/mol. The lowest BCUT2D eigenvalue weighted by molar-refractivity contribution is -0.115. The normalized spacial score (nSPS) is 10.5. The summed E-state index contributed by atoms with van der Waals surface area (Å²) in [5.41, 5.74) is 2.38. The number of halogens is 2. The SMILES string of the molecule is Cc1cccc(Cl)c1NC(=O)Cc1nc(CCl)cs1. The van der Waals surface area contributed by atoms with Gasteiger partial charge in [0.25, 0.3) is 0 Å². The maximum Gasteiger partial charge on any atom is 0.231 e. The summed E-state index contributed by atoms with van der Waals surface area (Å²) in [6.07, 6.45) is 0.228. The molecule has 1 amide bonds. The van der Waals surface area contributed by atoms with Crippen molar-refractivity contribution in [2.45, 2.75) is 19.2 Å². The number of amides is 1. The van der Waals surface area contributed by atoms with Crippen molar-refractivity contribution in [2.24, 2.45) is 0 Å². The Morgan fingerprint density at radius 2 is 2.26 bits per heavy atom. The Hall–Kier alpha value is -1.10. The van der Waals surface area contributed by atoms with Gasteiger partial charge in [-0.1, -0.05) is 23.7 Å². The Kier molecular flexibility index (Phi) is 4.80. The van der Waals surface area contributed by atoms with Crippen LogP contribution in [-0.2, 0) is 17.1 Å². The van der Waals surface area contributed by atoms with Crippen LogP contribution in [0.25, 0.3) is 0 Å². The summed E-state index contributed by atoms with van der Waals surface area (Å²) in [4.78, 5) is 16.2. The number of para-hydroxylation sites is 1. The number of alkyl halides is 1. The Labute approximate surface area is 125 Å². The predicted octanol–water partition coefficient (Wildman–Crippen LogP) is 4.02. The van der Waals surface area contributed by atoms with E-state index in [-0.39, 0.29) is 12.3 Å². The van der Waals surface area contributed by atoms with Crippen molar-refractivity contribution in [3.05, 3.63) is 44.9 Å². The standard InChI is InChI=1S/C13H12Cl2N2OS/c1-8-3-2-4-10(15)13(8)17-11(18)5-12-16-9(6-14)7-19-12/h2-4,7H,5-6H2,1H3,(H,17,18). The van der Waals surface area contributed by atoms with Crippen LogP contribution >= 0.6 is 34.5 Å². The highest BCUT2D eigenvalue weighted by Crippen LogP contribution is 2.25. The summed E-state index contributed by atoms with van der Waals surface area (Å²) in [5.74, 6) is 0.230. The third kappa shape index (κ3) is 3.69. The monoisotopic (exact) mass is 314 g/mol. The lowest BCUT2D eigenvalue weighted by atomic mass is 10.2. The minimum Gasteiger partial charge on any atom is -0.324 e. The molecule has 2 aromatic rings. The van der Waals surface area contributed by atoms with E-state index in [0.717, 1.165) is 16.3 Å². The van der Waals surface area contributed by atoms with Crippen LogP contribution < -0.4 is 5.32 Å². The fourth-order valence-electron chi connectivity index (χ4n) is 1.60. The molecule has 0 radical (unpaired) electrons. The third-order valence-corrected chi connectivity index (χ3v) is 4.02. The molecule has 0 aliphatic rings. The molecule has 0 aliphatic heterocycles. The number of hydrogen-bond acceptors (Lipinski definition) is 3. The number of aromatic nitrogens is 1. The number of benzene rings is 1. The molecular formula is C13H12Cl2N2OS. The van der Waals surface area contributed by atoms with Crippen LogP contribution in [0.4, 0.5) is 5.69 Å². The van der Waals surface area contributed by atoms with Crippen LogP contribution in [0.3, 0.4) is 0 Å². The molecule has 0 bridgehead atoms. The first-order valence-electron chi connectivity index (χ1n) is 5.64. The second kappa shape index (κ2) is 6.37. The van der Waals surface area contributed by atoms with Crippen molar-refractivity contribution in [3.8, 4) is 0 Å². The minimum absolute atomic E-state index is 0.133. The molecule has 0 fully saturated rings. The van der Waals surface area contributed by atoms with Crippen LogP contribution in [0.1, 0.15) is 16.3 Å². The fraction of sp³-hybridized carbons (Fsp3) is 0.231. The number of rotatable bonds is 4. The Balaban J connectivity index is 2.05. The molecule has 19 heavy (non-hydrogen) atoms. The molecule has 1 aromatic heterocycles. The van der Waals surface area contributed by atoms with Gasteiger partial charge in [0.2, 0.25) is 5.91 Å². The average Bonchev–Trinajstić information content (AvgIpc) is 2.81. The Morgan fingerprint density at radius 3 is 2.89 bits per heavy atom. The molecule has 0 saturated heterocycles. The zero-order chi connectivity index (χ0) is 13.8. The van der Waals surface area contributed by atoms with E-state index in [4.69, 9.17) is 23.2 Å². The quantitative estimate of drug-likeness (QED) is 0.866. The first kappa shape index (κ1) is 14.3. The number of aryl methyl sites for hydroxylation is 1. The smallest absolute Gasteiger partial charge is 0.231 e. The van der Waals surface area contributed by atoms with Gasteiger partial charge in [-0.25, -0.2) is 4.98 Å². The van der Waals surface area contributed by atoms with Gasteiger partial charge < -0.3 is 5.32 Å². The number of hydrogen-bond donors (Lipinski definition) is 1. The number of nitrogens with zero attached hydrogens (tertiary/aromatic N) is 1. The number of carbonyl (C=O) groups is 1. The van der Waals surface area contributed by atoms with E-state index in [1.807, 2.05) is 24.4 Å². The van der Waals surface area contributed by atoms with Gasteiger partial charge in [0.05, 0.1) is 28.7 Å². The van der Waals surface area contributed by atoms with Gasteiger partial charge in [-0.2, -0.15) is 0 Å². The van der Waals surface area contributed by atoms with Crippen molar-refractivity contribution in [1.29, 1.82) is 0 Å². The van der Waals surface area contributed by atoms with Gasteiger partial charge in [-0.3, -0.25) is 4.79 Å². The highest BCUT2D eigenvalue weighted by molar-refractivity contribution is 7.09. The van der Waals surface area contributed by atoms with E-state index in [9.17, 15) is 4.79 Å². The first-order chi connectivity index (χ1) is 9.10. The molecule has 0 aliphatic carbocycles. The Morgan fingerprint density at radius 1 is 1.47 bits per heavy atom. The van der Waals surface area contributed by atoms with Gasteiger partial charge in [0.15, 0.2) is 0 Å². The highest BCUT2D eigenvalue weighted by atomic mass is 35.5. The van der Waals surface area contributed by atoms with Gasteiger partial charge in [0, 0.05) is 5.38 Å². The van der Waals surface area contributed by atoms with Crippen molar-refractivity contribution >= 4 is 46.1 Å². The molecule has 6 heteroatoms. The van der Waals surface area contributed by atoms with Crippen LogP contribution in [0.15, 0.2) is 23.6 Å². The number of nitrogens with one attached hydrogen (secondary N) is 1. The molecule has 0 unspecified atom stereocenters. The molecule has 1 heterocycles. The van der Waals surface area contributed by atoms with Gasteiger partial charge in [0.1, 0.15) is 5.01 Å². The first-order valence-corrected chi connectivity index (χ1v) is 7.43. The summed E-state index contributed by atoms with van der Waals surface area (Å²) in [6.45, 7) is 1.90. The highest BCUT2D eigenvalue weighted by Gasteiger charge is 2.11. The van der Waals surface area contributed by atoms with Gasteiger partial charge in [-0.05, 0) is 18.6 Å². The maximum absolute atomic E-state index is 11.9.